The van der Waals surface area contributed by atoms with E-state index < -0.39 is 0 Å². The van der Waals surface area contributed by atoms with Crippen LogP contribution >= 0.6 is 0 Å². The molecule has 0 atom stereocenters. The van der Waals surface area contributed by atoms with Crippen LogP contribution in [0.1, 0.15) is 11.1 Å². The average molecular weight is 263 g/mol. The Morgan fingerprint density at radius 3 is 2.30 bits per heavy atom. The predicted molar refractivity (Wildman–Crippen MR) is 77.3 cm³/mol. The third-order valence-corrected chi connectivity index (χ3v) is 3.02. The number of carbonyl (C=O) groups is 1. The van der Waals surface area contributed by atoms with Gasteiger partial charge in [-0.25, -0.2) is 9.79 Å². The number of allylic oxidation sites excluding steroid dienone is 1. The summed E-state index contributed by atoms with van der Waals surface area (Å²) in [5.74, 6) is -0.0188. The second kappa shape index (κ2) is 5.53. The second-order valence-corrected chi connectivity index (χ2v) is 4.45. The summed E-state index contributed by atoms with van der Waals surface area (Å²) < 4.78 is 5.19. The first-order valence-corrected chi connectivity index (χ1v) is 6.43. The number of nitrogens with zero attached hydrogens (tertiary/aromatic N) is 1. The van der Waals surface area contributed by atoms with E-state index in [1.807, 2.05) is 60.7 Å². The van der Waals surface area contributed by atoms with Crippen LogP contribution in [-0.2, 0) is 16.0 Å². The monoisotopic (exact) mass is 263 g/mol. The molecule has 0 saturated heterocycles. The Bertz CT molecular complexity index is 673. The van der Waals surface area contributed by atoms with E-state index in [2.05, 4.69) is 4.99 Å². The summed E-state index contributed by atoms with van der Waals surface area (Å²) in [7, 11) is 0. The van der Waals surface area contributed by atoms with Crippen molar-refractivity contribution in [3.63, 3.8) is 0 Å². The molecule has 0 N–H and O–H groups in total. The Kier molecular flexibility index (Phi) is 3.42. The molecule has 0 aromatic heterocycles. The molecule has 0 spiro atoms. The third kappa shape index (κ3) is 2.67. The molecular formula is C17H13NO2. The predicted octanol–water partition coefficient (Wildman–Crippen LogP) is 3.12. The highest BCUT2D eigenvalue weighted by Gasteiger charge is 2.23. The second-order valence-electron chi connectivity index (χ2n) is 4.45. The highest BCUT2D eigenvalue weighted by Crippen LogP contribution is 2.16. The lowest BCUT2D eigenvalue weighted by Gasteiger charge is -1.97. The molecule has 0 radical (unpaired) electrons. The molecule has 1 aliphatic heterocycles. The lowest BCUT2D eigenvalue weighted by molar-refractivity contribution is -0.130. The third-order valence-electron chi connectivity index (χ3n) is 3.02. The smallest absolute Gasteiger partial charge is 0.363 e. The van der Waals surface area contributed by atoms with Gasteiger partial charge >= 0.3 is 5.97 Å². The van der Waals surface area contributed by atoms with Crippen LogP contribution in [0.25, 0.3) is 0 Å². The van der Waals surface area contributed by atoms with Gasteiger partial charge in [0.2, 0.25) is 5.90 Å². The summed E-state index contributed by atoms with van der Waals surface area (Å²) in [6.07, 6.45) is 2.46. The fourth-order valence-corrected chi connectivity index (χ4v) is 1.98. The molecule has 1 aliphatic rings. The van der Waals surface area contributed by atoms with Crippen molar-refractivity contribution in [1.29, 1.82) is 0 Å². The van der Waals surface area contributed by atoms with E-state index in [0.717, 1.165) is 11.1 Å². The van der Waals surface area contributed by atoms with Crippen molar-refractivity contribution in [3.05, 3.63) is 83.6 Å². The summed E-state index contributed by atoms with van der Waals surface area (Å²) in [6.45, 7) is 0. The molecule has 98 valence electrons. The number of carbonyl (C=O) groups excluding carboxylic acids is 1. The molecular weight excluding hydrogens is 250 g/mol. The largest absolute Gasteiger partial charge is 0.402 e. The highest BCUT2D eigenvalue weighted by atomic mass is 16.6. The summed E-state index contributed by atoms with van der Waals surface area (Å²) in [4.78, 5) is 16.0. The van der Waals surface area contributed by atoms with Crippen LogP contribution in [-0.4, -0.2) is 11.9 Å². The number of cyclic esters (lactones) is 1. The van der Waals surface area contributed by atoms with Gasteiger partial charge in [-0.3, -0.25) is 0 Å². The van der Waals surface area contributed by atoms with Gasteiger partial charge < -0.3 is 4.74 Å². The molecule has 0 bridgehead atoms. The van der Waals surface area contributed by atoms with Crippen molar-refractivity contribution in [2.45, 2.75) is 6.42 Å². The van der Waals surface area contributed by atoms with Crippen molar-refractivity contribution in [2.75, 3.05) is 0 Å². The minimum atomic E-state index is -0.389. The fourth-order valence-electron chi connectivity index (χ4n) is 1.98. The minimum Gasteiger partial charge on any atom is -0.402 e. The van der Waals surface area contributed by atoms with E-state index in [9.17, 15) is 4.79 Å². The van der Waals surface area contributed by atoms with Crippen LogP contribution in [0.4, 0.5) is 0 Å². The van der Waals surface area contributed by atoms with E-state index in [1.165, 1.54) is 0 Å². The van der Waals surface area contributed by atoms with Gasteiger partial charge in [-0.2, -0.15) is 0 Å². The molecule has 2 aromatic carbocycles. The van der Waals surface area contributed by atoms with Gasteiger partial charge in [0.15, 0.2) is 0 Å². The summed E-state index contributed by atoms with van der Waals surface area (Å²) in [5.41, 5.74) is 2.31. The van der Waals surface area contributed by atoms with Gasteiger partial charge in [0.1, 0.15) is 5.70 Å². The molecule has 3 heteroatoms. The topological polar surface area (TPSA) is 38.7 Å². The van der Waals surface area contributed by atoms with E-state index in [1.54, 1.807) is 6.08 Å². The molecule has 3 rings (SSSR count). The van der Waals surface area contributed by atoms with E-state index in [-0.39, 0.29) is 5.97 Å². The first-order chi connectivity index (χ1) is 9.83. The zero-order valence-corrected chi connectivity index (χ0v) is 10.8. The molecule has 0 aliphatic carbocycles. The van der Waals surface area contributed by atoms with Crippen molar-refractivity contribution in [2.24, 2.45) is 4.99 Å². The zero-order chi connectivity index (χ0) is 13.8. The maximum atomic E-state index is 11.8. The Labute approximate surface area is 117 Å². The van der Waals surface area contributed by atoms with Crippen molar-refractivity contribution < 1.29 is 9.53 Å². The zero-order valence-electron chi connectivity index (χ0n) is 10.8. The Hall–Kier alpha value is -2.68. The van der Waals surface area contributed by atoms with Gasteiger partial charge in [-0.1, -0.05) is 48.5 Å². The number of ether oxygens (including phenoxy) is 1. The molecule has 2 aromatic rings. The molecule has 0 amide bonds. The lowest BCUT2D eigenvalue weighted by Crippen LogP contribution is -2.05. The number of rotatable bonds is 3. The van der Waals surface area contributed by atoms with E-state index >= 15 is 0 Å². The molecule has 0 unspecified atom stereocenters. The molecule has 0 saturated carbocycles. The van der Waals surface area contributed by atoms with Crippen LogP contribution in [0, 0.1) is 0 Å². The van der Waals surface area contributed by atoms with Crippen molar-refractivity contribution in [1.82, 2.24) is 0 Å². The maximum absolute atomic E-state index is 11.8. The Morgan fingerprint density at radius 2 is 1.60 bits per heavy atom. The van der Waals surface area contributed by atoms with Gasteiger partial charge in [0, 0.05) is 5.56 Å². The van der Waals surface area contributed by atoms with Gasteiger partial charge in [0.25, 0.3) is 0 Å². The average Bonchev–Trinajstić information content (AvgIpc) is 2.88. The Morgan fingerprint density at radius 1 is 0.950 bits per heavy atom. The van der Waals surface area contributed by atoms with E-state index in [0.29, 0.717) is 18.0 Å². The molecule has 20 heavy (non-hydrogen) atoms. The highest BCUT2D eigenvalue weighted by molar-refractivity contribution is 6.11. The van der Waals surface area contributed by atoms with Crippen LogP contribution in [0.15, 0.2) is 77.4 Å². The van der Waals surface area contributed by atoms with Gasteiger partial charge in [-0.05, 0) is 30.2 Å². The van der Waals surface area contributed by atoms with Crippen molar-refractivity contribution >= 4 is 11.9 Å². The number of hydrogen-bond donors (Lipinski definition) is 0. The number of benzene rings is 2. The molecule has 3 nitrogen and oxygen atoms in total. The molecule has 1 heterocycles. The summed E-state index contributed by atoms with van der Waals surface area (Å²) in [6, 6.07) is 19.4. The van der Waals surface area contributed by atoms with Crippen molar-refractivity contribution in [3.8, 4) is 0 Å². The number of aliphatic imine (C=N–C) groups is 1. The SMILES string of the molecule is O=C1OC(c2ccccc2)=N/C1=C\Cc1ccccc1. The van der Waals surface area contributed by atoms with Gasteiger partial charge in [-0.15, -0.1) is 0 Å². The van der Waals surface area contributed by atoms with E-state index in [4.69, 9.17) is 4.74 Å². The normalized spacial score (nSPS) is 16.1. The van der Waals surface area contributed by atoms with Crippen LogP contribution in [0.2, 0.25) is 0 Å². The van der Waals surface area contributed by atoms with Crippen LogP contribution in [0.3, 0.4) is 0 Å². The quantitative estimate of drug-likeness (QED) is 0.630. The standard InChI is InChI=1S/C17H13NO2/c19-17-15(12-11-13-7-3-1-4-8-13)18-16(20-17)14-9-5-2-6-10-14/h1-10,12H,11H2/b15-12-. The van der Waals surface area contributed by atoms with Crippen LogP contribution < -0.4 is 0 Å². The first-order valence-electron chi connectivity index (χ1n) is 6.43. The first kappa shape index (κ1) is 12.4. The number of hydrogen-bond acceptors (Lipinski definition) is 3. The molecule has 0 fully saturated rings. The van der Waals surface area contributed by atoms with Gasteiger partial charge in [0.05, 0.1) is 0 Å². The maximum Gasteiger partial charge on any atom is 0.363 e. The minimum absolute atomic E-state index is 0.368. The van der Waals surface area contributed by atoms with Crippen LogP contribution in [0.5, 0.6) is 0 Å². The Balaban J connectivity index is 1.80. The number of esters is 1. The lowest BCUT2D eigenvalue weighted by atomic mass is 10.1. The summed E-state index contributed by atoms with van der Waals surface area (Å²) in [5, 5.41) is 0. The fraction of sp³-hybridized carbons (Fsp3) is 0.0588. The summed E-state index contributed by atoms with van der Waals surface area (Å²) >= 11 is 0.